The van der Waals surface area contributed by atoms with Gasteiger partial charge in [0.15, 0.2) is 0 Å². The van der Waals surface area contributed by atoms with Crippen LogP contribution < -0.4 is 0 Å². The van der Waals surface area contributed by atoms with Crippen molar-refractivity contribution < 1.29 is 9.90 Å². The van der Waals surface area contributed by atoms with E-state index in [9.17, 15) is 9.90 Å². The summed E-state index contributed by atoms with van der Waals surface area (Å²) in [6, 6.07) is 12.7. The molecule has 0 spiro atoms. The highest BCUT2D eigenvalue weighted by atomic mass is 35.5. The molecule has 22 heavy (non-hydrogen) atoms. The van der Waals surface area contributed by atoms with E-state index in [1.807, 2.05) is 32.0 Å². The van der Waals surface area contributed by atoms with Crippen LogP contribution in [0.4, 0.5) is 0 Å². The van der Waals surface area contributed by atoms with E-state index < -0.39 is 5.97 Å². The summed E-state index contributed by atoms with van der Waals surface area (Å²) in [4.78, 5) is 16.1. The molecule has 0 saturated carbocycles. The first-order chi connectivity index (χ1) is 10.5. The van der Waals surface area contributed by atoms with Gasteiger partial charge in [-0.15, -0.1) is 0 Å². The second-order valence-electron chi connectivity index (χ2n) is 5.30. The van der Waals surface area contributed by atoms with Crippen molar-refractivity contribution in [2.45, 2.75) is 13.8 Å². The lowest BCUT2D eigenvalue weighted by molar-refractivity contribution is 0.0699. The van der Waals surface area contributed by atoms with Crippen LogP contribution in [-0.4, -0.2) is 16.1 Å². The molecule has 0 amide bonds. The minimum atomic E-state index is -0.986. The highest BCUT2D eigenvalue weighted by molar-refractivity contribution is 6.35. The van der Waals surface area contributed by atoms with E-state index in [0.29, 0.717) is 21.6 Å². The molecular formula is C18H14ClNO2. The van der Waals surface area contributed by atoms with Crippen molar-refractivity contribution >= 4 is 28.5 Å². The number of halogens is 1. The monoisotopic (exact) mass is 311 g/mol. The van der Waals surface area contributed by atoms with Crippen molar-refractivity contribution in [2.75, 3.05) is 0 Å². The van der Waals surface area contributed by atoms with E-state index in [-0.39, 0.29) is 5.56 Å². The molecule has 0 aliphatic rings. The summed E-state index contributed by atoms with van der Waals surface area (Å²) < 4.78 is 0. The molecule has 0 fully saturated rings. The normalized spacial score (nSPS) is 10.9. The average molecular weight is 312 g/mol. The van der Waals surface area contributed by atoms with Crippen LogP contribution in [-0.2, 0) is 0 Å². The number of nitrogens with zero attached hydrogens (tertiary/aromatic N) is 1. The van der Waals surface area contributed by atoms with Gasteiger partial charge in [0.05, 0.1) is 21.8 Å². The summed E-state index contributed by atoms with van der Waals surface area (Å²) in [6.07, 6.45) is 0. The quantitative estimate of drug-likeness (QED) is 0.734. The maximum absolute atomic E-state index is 11.6. The SMILES string of the molecule is Cc1ccc(-c2cc(C(=O)O)c3cccc(Cl)c3n2)cc1C. The number of rotatable bonds is 2. The Labute approximate surface area is 133 Å². The Hall–Kier alpha value is -2.39. The van der Waals surface area contributed by atoms with Gasteiger partial charge in [-0.05, 0) is 43.2 Å². The minimum absolute atomic E-state index is 0.209. The molecule has 0 aliphatic heterocycles. The maximum atomic E-state index is 11.6. The number of pyridine rings is 1. The number of carboxylic acids is 1. The van der Waals surface area contributed by atoms with Crippen LogP contribution in [0.15, 0.2) is 42.5 Å². The highest BCUT2D eigenvalue weighted by Gasteiger charge is 2.14. The average Bonchev–Trinajstić information content (AvgIpc) is 2.49. The van der Waals surface area contributed by atoms with E-state index >= 15 is 0 Å². The summed E-state index contributed by atoms with van der Waals surface area (Å²) in [6.45, 7) is 4.05. The zero-order chi connectivity index (χ0) is 15.9. The van der Waals surface area contributed by atoms with Gasteiger partial charge in [0.1, 0.15) is 0 Å². The molecule has 110 valence electrons. The molecule has 0 atom stereocenters. The van der Waals surface area contributed by atoms with Gasteiger partial charge >= 0.3 is 5.97 Å². The first kappa shape index (κ1) is 14.5. The third kappa shape index (κ3) is 2.44. The first-order valence-electron chi connectivity index (χ1n) is 6.87. The van der Waals surface area contributed by atoms with Gasteiger partial charge in [0.2, 0.25) is 0 Å². The standard InChI is InChI=1S/C18H14ClNO2/c1-10-6-7-12(8-11(10)2)16-9-14(18(21)22)13-4-3-5-15(19)17(13)20-16/h3-9H,1-2H3,(H,21,22). The molecule has 0 unspecified atom stereocenters. The number of hydrogen-bond donors (Lipinski definition) is 1. The zero-order valence-corrected chi connectivity index (χ0v) is 13.0. The summed E-state index contributed by atoms with van der Waals surface area (Å²) in [7, 11) is 0. The predicted molar refractivity (Wildman–Crippen MR) is 88.6 cm³/mol. The Balaban J connectivity index is 2.33. The Kier molecular flexibility index (Phi) is 3.59. The summed E-state index contributed by atoms with van der Waals surface area (Å²) in [5.74, 6) is -0.986. The molecule has 1 heterocycles. The van der Waals surface area contributed by atoms with Crippen LogP contribution in [0.5, 0.6) is 0 Å². The lowest BCUT2D eigenvalue weighted by atomic mass is 10.0. The summed E-state index contributed by atoms with van der Waals surface area (Å²) >= 11 is 6.19. The van der Waals surface area contributed by atoms with Gasteiger partial charge in [-0.1, -0.05) is 35.9 Å². The Bertz CT molecular complexity index is 903. The second-order valence-corrected chi connectivity index (χ2v) is 5.70. The van der Waals surface area contributed by atoms with Crippen molar-refractivity contribution in [3.05, 3.63) is 64.2 Å². The molecule has 0 radical (unpaired) electrons. The molecular weight excluding hydrogens is 298 g/mol. The van der Waals surface area contributed by atoms with Crippen LogP contribution in [0.1, 0.15) is 21.5 Å². The number of carbonyl (C=O) groups is 1. The number of aryl methyl sites for hydroxylation is 2. The number of aromatic carboxylic acids is 1. The number of aromatic nitrogens is 1. The van der Waals surface area contributed by atoms with Gasteiger partial charge in [0.25, 0.3) is 0 Å². The van der Waals surface area contributed by atoms with Crippen LogP contribution in [0.25, 0.3) is 22.2 Å². The van der Waals surface area contributed by atoms with Gasteiger partial charge in [-0.2, -0.15) is 0 Å². The van der Waals surface area contributed by atoms with E-state index in [4.69, 9.17) is 11.6 Å². The lowest BCUT2D eigenvalue weighted by Crippen LogP contribution is -2.00. The van der Waals surface area contributed by atoms with Crippen molar-refractivity contribution in [1.82, 2.24) is 4.98 Å². The molecule has 0 saturated heterocycles. The van der Waals surface area contributed by atoms with Crippen molar-refractivity contribution in [3.63, 3.8) is 0 Å². The fraction of sp³-hybridized carbons (Fsp3) is 0.111. The Morgan fingerprint density at radius 1 is 1.09 bits per heavy atom. The molecule has 4 heteroatoms. The lowest BCUT2D eigenvalue weighted by Gasteiger charge is -2.09. The highest BCUT2D eigenvalue weighted by Crippen LogP contribution is 2.29. The fourth-order valence-corrected chi connectivity index (χ4v) is 2.66. The predicted octanol–water partition coefficient (Wildman–Crippen LogP) is 4.87. The molecule has 2 aromatic carbocycles. The molecule has 1 N–H and O–H groups in total. The number of carboxylic acid groups (broad SMARTS) is 1. The van der Waals surface area contributed by atoms with Gasteiger partial charge < -0.3 is 5.11 Å². The largest absolute Gasteiger partial charge is 0.478 e. The zero-order valence-electron chi connectivity index (χ0n) is 12.2. The van der Waals surface area contributed by atoms with Crippen molar-refractivity contribution in [1.29, 1.82) is 0 Å². The summed E-state index contributed by atoms with van der Waals surface area (Å²) in [5.41, 5.74) is 4.53. The third-order valence-corrected chi connectivity index (χ3v) is 4.13. The second kappa shape index (κ2) is 5.43. The molecule has 0 bridgehead atoms. The number of fused-ring (bicyclic) bond motifs is 1. The first-order valence-corrected chi connectivity index (χ1v) is 7.25. The molecule has 1 aromatic heterocycles. The van der Waals surface area contributed by atoms with Crippen LogP contribution >= 0.6 is 11.6 Å². The van der Waals surface area contributed by atoms with E-state index in [1.165, 1.54) is 5.56 Å². The number of hydrogen-bond acceptors (Lipinski definition) is 2. The number of para-hydroxylation sites is 1. The topological polar surface area (TPSA) is 50.2 Å². The van der Waals surface area contributed by atoms with Gasteiger partial charge in [-0.3, -0.25) is 0 Å². The Morgan fingerprint density at radius 2 is 1.86 bits per heavy atom. The third-order valence-electron chi connectivity index (χ3n) is 3.82. The molecule has 3 nitrogen and oxygen atoms in total. The van der Waals surface area contributed by atoms with Crippen LogP contribution in [0.3, 0.4) is 0 Å². The maximum Gasteiger partial charge on any atom is 0.336 e. The minimum Gasteiger partial charge on any atom is -0.478 e. The number of benzene rings is 2. The molecule has 0 aliphatic carbocycles. The van der Waals surface area contributed by atoms with Crippen molar-refractivity contribution in [2.24, 2.45) is 0 Å². The summed E-state index contributed by atoms with van der Waals surface area (Å²) in [5, 5.41) is 10.5. The van der Waals surface area contributed by atoms with E-state index in [2.05, 4.69) is 4.98 Å². The van der Waals surface area contributed by atoms with E-state index in [0.717, 1.165) is 11.1 Å². The fourth-order valence-electron chi connectivity index (χ4n) is 2.44. The van der Waals surface area contributed by atoms with Gasteiger partial charge in [0, 0.05) is 10.9 Å². The Morgan fingerprint density at radius 3 is 2.55 bits per heavy atom. The van der Waals surface area contributed by atoms with Crippen LogP contribution in [0.2, 0.25) is 5.02 Å². The van der Waals surface area contributed by atoms with Crippen molar-refractivity contribution in [3.8, 4) is 11.3 Å². The molecule has 3 aromatic rings. The van der Waals surface area contributed by atoms with E-state index in [1.54, 1.807) is 24.3 Å². The van der Waals surface area contributed by atoms with Crippen LogP contribution in [0, 0.1) is 13.8 Å². The smallest absolute Gasteiger partial charge is 0.336 e. The molecule has 3 rings (SSSR count). The van der Waals surface area contributed by atoms with Gasteiger partial charge in [-0.25, -0.2) is 9.78 Å².